The molecule has 1 heterocycles. The van der Waals surface area contributed by atoms with E-state index < -0.39 is 0 Å². The van der Waals surface area contributed by atoms with Crippen LogP contribution >= 0.6 is 0 Å². The number of fused-ring (bicyclic) bond motifs is 1. The van der Waals surface area contributed by atoms with Crippen molar-refractivity contribution in [3.8, 4) is 0 Å². The molecule has 1 aromatic carbocycles. The number of aromatic nitrogens is 2. The van der Waals surface area contributed by atoms with Crippen LogP contribution in [-0.2, 0) is 12.1 Å². The van der Waals surface area contributed by atoms with Gasteiger partial charge < -0.3 is 10.3 Å². The quantitative estimate of drug-likeness (QED) is 0.865. The first-order valence-corrected chi connectivity index (χ1v) is 8.09. The lowest BCUT2D eigenvalue weighted by Gasteiger charge is -2.28. The van der Waals surface area contributed by atoms with Crippen LogP contribution in [0.15, 0.2) is 18.2 Å². The topological polar surface area (TPSA) is 43.8 Å². The highest BCUT2D eigenvalue weighted by molar-refractivity contribution is 5.76. The van der Waals surface area contributed by atoms with E-state index >= 15 is 0 Å². The Labute approximate surface area is 125 Å². The van der Waals surface area contributed by atoms with Gasteiger partial charge in [-0.15, -0.1) is 0 Å². The van der Waals surface area contributed by atoms with Crippen molar-refractivity contribution in [3.63, 3.8) is 0 Å². The average molecular weight is 289 g/mol. The van der Waals surface area contributed by atoms with Crippen molar-refractivity contribution in [2.45, 2.75) is 64.0 Å². The number of benzene rings is 1. The van der Waals surface area contributed by atoms with Gasteiger partial charge >= 0.3 is 0 Å². The minimum atomic E-state index is -0.360. The normalized spacial score (nSPS) is 18.8. The molecular weight excluding hydrogens is 265 g/mol. The summed E-state index contributed by atoms with van der Waals surface area (Å²) >= 11 is 0. The second-order valence-corrected chi connectivity index (χ2v) is 6.29. The number of halogens is 1. The molecule has 0 spiro atoms. The Balaban J connectivity index is 2.13. The molecule has 1 aromatic heterocycles. The van der Waals surface area contributed by atoms with E-state index in [9.17, 15) is 4.39 Å². The van der Waals surface area contributed by atoms with Crippen LogP contribution in [0.1, 0.15) is 57.7 Å². The maximum absolute atomic E-state index is 13.6. The molecule has 2 N–H and O–H groups in total. The molecule has 3 rings (SSSR count). The standard InChI is InChI=1S/C17H24FN3/c1-2-11-21-15-12-13(18)7-8-14(15)20-16(21)17(19)9-5-3-4-6-10-17/h7-8,12H,2-6,9-11,19H2,1H3. The zero-order valence-electron chi connectivity index (χ0n) is 12.7. The SMILES string of the molecule is CCCn1c(C2(N)CCCCCC2)nc2ccc(F)cc21. The summed E-state index contributed by atoms with van der Waals surface area (Å²) in [6.45, 7) is 2.97. The Morgan fingerprint density at radius 3 is 2.62 bits per heavy atom. The number of rotatable bonds is 3. The molecule has 0 bridgehead atoms. The summed E-state index contributed by atoms with van der Waals surface area (Å²) in [6.07, 6.45) is 7.75. The zero-order valence-corrected chi connectivity index (χ0v) is 12.7. The Bertz CT molecular complexity index is 624. The van der Waals surface area contributed by atoms with Crippen molar-refractivity contribution in [1.29, 1.82) is 0 Å². The lowest BCUT2D eigenvalue weighted by molar-refractivity contribution is 0.348. The summed E-state index contributed by atoms with van der Waals surface area (Å²) in [7, 11) is 0. The summed E-state index contributed by atoms with van der Waals surface area (Å²) in [6, 6.07) is 4.83. The largest absolute Gasteiger partial charge is 0.326 e. The molecule has 4 heteroatoms. The van der Waals surface area contributed by atoms with E-state index in [4.69, 9.17) is 10.7 Å². The van der Waals surface area contributed by atoms with E-state index in [1.807, 2.05) is 0 Å². The second-order valence-electron chi connectivity index (χ2n) is 6.29. The van der Waals surface area contributed by atoms with E-state index in [2.05, 4.69) is 11.5 Å². The molecule has 1 aliphatic rings. The van der Waals surface area contributed by atoms with E-state index in [1.54, 1.807) is 12.1 Å². The van der Waals surface area contributed by atoms with Crippen molar-refractivity contribution < 1.29 is 4.39 Å². The van der Waals surface area contributed by atoms with Gasteiger partial charge in [0.25, 0.3) is 0 Å². The van der Waals surface area contributed by atoms with Crippen LogP contribution < -0.4 is 5.73 Å². The van der Waals surface area contributed by atoms with Crippen molar-refractivity contribution in [3.05, 3.63) is 29.8 Å². The van der Waals surface area contributed by atoms with Crippen LogP contribution in [0.2, 0.25) is 0 Å². The molecular formula is C17H24FN3. The smallest absolute Gasteiger partial charge is 0.130 e. The lowest BCUT2D eigenvalue weighted by atomic mass is 9.90. The molecule has 0 atom stereocenters. The van der Waals surface area contributed by atoms with E-state index in [0.717, 1.165) is 55.5 Å². The Hall–Kier alpha value is -1.42. The molecule has 0 unspecified atom stereocenters. The molecule has 0 amide bonds. The first-order valence-electron chi connectivity index (χ1n) is 8.09. The van der Waals surface area contributed by atoms with Gasteiger partial charge in [0.2, 0.25) is 0 Å². The fourth-order valence-corrected chi connectivity index (χ4v) is 3.51. The molecule has 1 fully saturated rings. The van der Waals surface area contributed by atoms with Gasteiger partial charge in [0, 0.05) is 6.54 Å². The molecule has 2 aromatic rings. The van der Waals surface area contributed by atoms with Crippen LogP contribution in [0.3, 0.4) is 0 Å². The lowest BCUT2D eigenvalue weighted by Crippen LogP contribution is -2.39. The Morgan fingerprint density at radius 2 is 1.95 bits per heavy atom. The van der Waals surface area contributed by atoms with Crippen molar-refractivity contribution >= 4 is 11.0 Å². The number of hydrogen-bond donors (Lipinski definition) is 1. The molecule has 114 valence electrons. The van der Waals surface area contributed by atoms with Gasteiger partial charge in [-0.1, -0.05) is 32.6 Å². The Kier molecular flexibility index (Phi) is 3.98. The van der Waals surface area contributed by atoms with Gasteiger partial charge in [-0.05, 0) is 37.5 Å². The average Bonchev–Trinajstić information content (AvgIpc) is 2.67. The minimum absolute atomic E-state index is 0.210. The van der Waals surface area contributed by atoms with Crippen molar-refractivity contribution in [2.75, 3.05) is 0 Å². The van der Waals surface area contributed by atoms with Gasteiger partial charge in [-0.25, -0.2) is 9.37 Å². The fraction of sp³-hybridized carbons (Fsp3) is 0.588. The molecule has 21 heavy (non-hydrogen) atoms. The molecule has 3 nitrogen and oxygen atoms in total. The minimum Gasteiger partial charge on any atom is -0.326 e. The maximum atomic E-state index is 13.6. The third-order valence-electron chi connectivity index (χ3n) is 4.60. The predicted molar refractivity (Wildman–Crippen MR) is 83.5 cm³/mol. The molecule has 0 radical (unpaired) electrons. The summed E-state index contributed by atoms with van der Waals surface area (Å²) in [5.74, 6) is 0.741. The van der Waals surface area contributed by atoms with Crippen LogP contribution in [-0.4, -0.2) is 9.55 Å². The van der Waals surface area contributed by atoms with Crippen LogP contribution in [0.4, 0.5) is 4.39 Å². The highest BCUT2D eigenvalue weighted by Crippen LogP contribution is 2.35. The van der Waals surface area contributed by atoms with Crippen molar-refractivity contribution in [1.82, 2.24) is 9.55 Å². The highest BCUT2D eigenvalue weighted by atomic mass is 19.1. The van der Waals surface area contributed by atoms with E-state index in [1.165, 1.54) is 18.9 Å². The van der Waals surface area contributed by atoms with Gasteiger partial charge in [-0.3, -0.25) is 0 Å². The number of aryl methyl sites for hydroxylation is 1. The van der Waals surface area contributed by atoms with E-state index in [0.29, 0.717) is 0 Å². The number of nitrogens with zero attached hydrogens (tertiary/aromatic N) is 2. The number of imidazole rings is 1. The molecule has 1 saturated carbocycles. The van der Waals surface area contributed by atoms with Crippen LogP contribution in [0.25, 0.3) is 11.0 Å². The van der Waals surface area contributed by atoms with E-state index in [-0.39, 0.29) is 11.4 Å². The van der Waals surface area contributed by atoms with Crippen LogP contribution in [0, 0.1) is 5.82 Å². The monoisotopic (exact) mass is 289 g/mol. The Morgan fingerprint density at radius 1 is 1.24 bits per heavy atom. The molecule has 1 aliphatic carbocycles. The summed E-state index contributed by atoms with van der Waals surface area (Å²) < 4.78 is 15.7. The van der Waals surface area contributed by atoms with Crippen LogP contribution in [0.5, 0.6) is 0 Å². The van der Waals surface area contributed by atoms with Gasteiger partial charge in [0.15, 0.2) is 0 Å². The number of hydrogen-bond acceptors (Lipinski definition) is 2. The van der Waals surface area contributed by atoms with Gasteiger partial charge in [-0.2, -0.15) is 0 Å². The zero-order chi connectivity index (χ0) is 14.9. The second kappa shape index (κ2) is 5.76. The van der Waals surface area contributed by atoms with Gasteiger partial charge in [0.1, 0.15) is 11.6 Å². The number of nitrogens with two attached hydrogens (primary N) is 1. The third-order valence-corrected chi connectivity index (χ3v) is 4.60. The predicted octanol–water partition coefficient (Wildman–Crippen LogP) is 4.09. The molecule has 0 aliphatic heterocycles. The first kappa shape index (κ1) is 14.5. The summed E-state index contributed by atoms with van der Waals surface area (Å²) in [4.78, 5) is 4.78. The highest BCUT2D eigenvalue weighted by Gasteiger charge is 2.33. The fourth-order valence-electron chi connectivity index (χ4n) is 3.51. The first-order chi connectivity index (χ1) is 10.1. The molecule has 0 saturated heterocycles. The van der Waals surface area contributed by atoms with Crippen molar-refractivity contribution in [2.24, 2.45) is 5.73 Å². The van der Waals surface area contributed by atoms with Gasteiger partial charge in [0.05, 0.1) is 16.6 Å². The summed E-state index contributed by atoms with van der Waals surface area (Å²) in [5, 5.41) is 0. The maximum Gasteiger partial charge on any atom is 0.130 e. The third kappa shape index (κ3) is 2.69. The summed E-state index contributed by atoms with van der Waals surface area (Å²) in [5.41, 5.74) is 8.11.